The molecule has 0 aromatic carbocycles. The fraction of sp³-hybridized carbons (Fsp3) is 0.800. The van der Waals surface area contributed by atoms with Crippen molar-refractivity contribution in [3.8, 4) is 0 Å². The summed E-state index contributed by atoms with van der Waals surface area (Å²) in [6, 6.07) is 0.444. The van der Waals surface area contributed by atoms with Crippen LogP contribution in [0.1, 0.15) is 12.8 Å². The van der Waals surface area contributed by atoms with E-state index in [4.69, 9.17) is 0 Å². The van der Waals surface area contributed by atoms with Crippen molar-refractivity contribution in [1.82, 2.24) is 24.2 Å². The molecule has 0 radical (unpaired) electrons. The predicted molar refractivity (Wildman–Crippen MR) is 74.2 cm³/mol. The second-order valence-electron chi connectivity index (χ2n) is 4.91. The number of sulfonamides is 1. The molecule has 0 atom stereocenters. The third kappa shape index (κ3) is 2.83. The molecule has 1 fully saturated rings. The maximum Gasteiger partial charge on any atom is 0.263 e. The summed E-state index contributed by atoms with van der Waals surface area (Å²) in [5.74, 6) is 0. The van der Waals surface area contributed by atoms with Gasteiger partial charge in [0.05, 0.1) is 0 Å². The first-order chi connectivity index (χ1) is 8.84. The Balaban J connectivity index is 2.19. The molecule has 0 bridgehead atoms. The minimum Gasteiger partial charge on any atom is -0.306 e. The van der Waals surface area contributed by atoms with E-state index >= 15 is 0 Å². The lowest BCUT2D eigenvalue weighted by molar-refractivity contribution is 0.196. The number of halogens is 1. The van der Waals surface area contributed by atoms with Gasteiger partial charge in [-0.15, -0.1) is 5.10 Å². The van der Waals surface area contributed by atoms with E-state index in [1.54, 1.807) is 7.05 Å². The van der Waals surface area contributed by atoms with Gasteiger partial charge in [-0.25, -0.2) is 13.1 Å². The number of hydrogen-bond donors (Lipinski definition) is 0. The monoisotopic (exact) mass is 351 g/mol. The summed E-state index contributed by atoms with van der Waals surface area (Å²) in [6.07, 6.45) is 1.68. The molecular formula is C10H18BrN5O2S. The molecule has 108 valence electrons. The maximum atomic E-state index is 12.5. The Labute approximate surface area is 121 Å². The number of nitrogens with zero attached hydrogens (tertiary/aromatic N) is 5. The second-order valence-corrected chi connectivity index (χ2v) is 7.51. The quantitative estimate of drug-likeness (QED) is 0.782. The molecule has 1 aliphatic rings. The van der Waals surface area contributed by atoms with Crippen LogP contribution in [0.3, 0.4) is 0 Å². The number of piperidine rings is 1. The van der Waals surface area contributed by atoms with E-state index in [-0.39, 0.29) is 9.63 Å². The van der Waals surface area contributed by atoms with Crippen LogP contribution in [0, 0.1) is 0 Å². The molecule has 2 heterocycles. The van der Waals surface area contributed by atoms with Crippen molar-refractivity contribution in [2.75, 3.05) is 27.2 Å². The highest BCUT2D eigenvalue weighted by molar-refractivity contribution is 9.10. The van der Waals surface area contributed by atoms with Gasteiger partial charge < -0.3 is 4.90 Å². The standard InChI is InChI=1S/C10H18BrN5O2S/c1-14(2)8-4-6-16(7-5-8)19(17,18)10-9(11)12-13-15(10)3/h8H,4-7H2,1-3H3. The first-order valence-electron chi connectivity index (χ1n) is 6.06. The minimum absolute atomic E-state index is 0.121. The van der Waals surface area contributed by atoms with Crippen LogP contribution in [0.5, 0.6) is 0 Å². The first-order valence-corrected chi connectivity index (χ1v) is 8.29. The Morgan fingerprint density at radius 2 is 1.89 bits per heavy atom. The normalized spacial score (nSPS) is 19.2. The fourth-order valence-electron chi connectivity index (χ4n) is 2.32. The smallest absolute Gasteiger partial charge is 0.263 e. The predicted octanol–water partition coefficient (Wildman–Crippen LogP) is 0.292. The van der Waals surface area contributed by atoms with E-state index in [2.05, 4.69) is 31.1 Å². The Morgan fingerprint density at radius 1 is 1.32 bits per heavy atom. The molecule has 1 saturated heterocycles. The van der Waals surface area contributed by atoms with Crippen molar-refractivity contribution in [1.29, 1.82) is 0 Å². The van der Waals surface area contributed by atoms with Crippen molar-refractivity contribution in [3.63, 3.8) is 0 Å². The summed E-state index contributed by atoms with van der Waals surface area (Å²) >= 11 is 3.15. The van der Waals surface area contributed by atoms with Crippen LogP contribution in [0.15, 0.2) is 9.63 Å². The molecule has 1 aliphatic heterocycles. The van der Waals surface area contributed by atoms with E-state index in [1.807, 2.05) is 14.1 Å². The molecule has 9 heteroatoms. The SMILES string of the molecule is CN(C)C1CCN(S(=O)(=O)c2c(Br)nnn2C)CC1. The van der Waals surface area contributed by atoms with Crippen LogP contribution in [-0.4, -0.2) is 65.8 Å². The zero-order chi connectivity index (χ0) is 14.2. The molecule has 0 saturated carbocycles. The third-order valence-corrected chi connectivity index (χ3v) is 6.26. The van der Waals surface area contributed by atoms with Gasteiger partial charge in [0.2, 0.25) is 5.03 Å². The maximum absolute atomic E-state index is 12.5. The van der Waals surface area contributed by atoms with Gasteiger partial charge in [0.1, 0.15) is 0 Å². The van der Waals surface area contributed by atoms with Crippen LogP contribution in [0.25, 0.3) is 0 Å². The third-order valence-electron chi connectivity index (χ3n) is 3.48. The minimum atomic E-state index is -3.52. The van der Waals surface area contributed by atoms with Gasteiger partial charge in [-0.1, -0.05) is 5.21 Å². The van der Waals surface area contributed by atoms with Crippen molar-refractivity contribution in [2.24, 2.45) is 7.05 Å². The zero-order valence-corrected chi connectivity index (χ0v) is 13.6. The fourth-order valence-corrected chi connectivity index (χ4v) is 4.82. The van der Waals surface area contributed by atoms with Gasteiger partial charge in [0, 0.05) is 26.2 Å². The molecule has 19 heavy (non-hydrogen) atoms. The topological polar surface area (TPSA) is 71.3 Å². The summed E-state index contributed by atoms with van der Waals surface area (Å²) in [6.45, 7) is 1.06. The summed E-state index contributed by atoms with van der Waals surface area (Å²) < 4.78 is 28.2. The molecular weight excluding hydrogens is 334 g/mol. The van der Waals surface area contributed by atoms with Crippen LogP contribution < -0.4 is 0 Å². The highest BCUT2D eigenvalue weighted by Crippen LogP contribution is 2.25. The van der Waals surface area contributed by atoms with E-state index in [0.29, 0.717) is 19.1 Å². The molecule has 0 N–H and O–H groups in total. The van der Waals surface area contributed by atoms with Crippen molar-refractivity contribution >= 4 is 26.0 Å². The van der Waals surface area contributed by atoms with Gasteiger partial charge in [0.25, 0.3) is 10.0 Å². The van der Waals surface area contributed by atoms with Crippen molar-refractivity contribution < 1.29 is 8.42 Å². The average molecular weight is 352 g/mol. The lowest BCUT2D eigenvalue weighted by Gasteiger charge is -2.34. The van der Waals surface area contributed by atoms with Crippen molar-refractivity contribution in [3.05, 3.63) is 4.60 Å². The van der Waals surface area contributed by atoms with Crippen LogP contribution in [0.4, 0.5) is 0 Å². The van der Waals surface area contributed by atoms with Gasteiger partial charge in [-0.3, -0.25) is 0 Å². The first kappa shape index (κ1) is 14.9. The van der Waals surface area contributed by atoms with E-state index in [9.17, 15) is 8.42 Å². The molecule has 0 amide bonds. The van der Waals surface area contributed by atoms with Gasteiger partial charge in [-0.05, 0) is 42.9 Å². The molecule has 7 nitrogen and oxygen atoms in total. The van der Waals surface area contributed by atoms with Crippen LogP contribution in [-0.2, 0) is 17.1 Å². The summed E-state index contributed by atoms with van der Waals surface area (Å²) in [5, 5.41) is 7.58. The Morgan fingerprint density at radius 3 is 2.32 bits per heavy atom. The molecule has 0 spiro atoms. The molecule has 1 aromatic heterocycles. The van der Waals surface area contributed by atoms with Crippen LogP contribution >= 0.6 is 15.9 Å². The second kappa shape index (κ2) is 5.47. The van der Waals surface area contributed by atoms with E-state index < -0.39 is 10.0 Å². The Bertz CT molecular complexity index is 529. The Hall–Kier alpha value is -0.510. The average Bonchev–Trinajstić information content (AvgIpc) is 2.69. The molecule has 0 unspecified atom stereocenters. The summed E-state index contributed by atoms with van der Waals surface area (Å²) in [4.78, 5) is 2.14. The lowest BCUT2D eigenvalue weighted by atomic mass is 10.1. The largest absolute Gasteiger partial charge is 0.306 e. The highest BCUT2D eigenvalue weighted by Gasteiger charge is 2.34. The van der Waals surface area contributed by atoms with Gasteiger partial charge in [0.15, 0.2) is 4.60 Å². The van der Waals surface area contributed by atoms with Crippen LogP contribution in [0.2, 0.25) is 0 Å². The number of rotatable bonds is 3. The van der Waals surface area contributed by atoms with E-state index in [0.717, 1.165) is 12.8 Å². The number of aryl methyl sites for hydroxylation is 1. The zero-order valence-electron chi connectivity index (χ0n) is 11.2. The molecule has 1 aromatic rings. The van der Waals surface area contributed by atoms with Gasteiger partial charge >= 0.3 is 0 Å². The van der Waals surface area contributed by atoms with Gasteiger partial charge in [-0.2, -0.15) is 4.31 Å². The summed E-state index contributed by atoms with van der Waals surface area (Å²) in [7, 11) is 2.11. The van der Waals surface area contributed by atoms with Crippen molar-refractivity contribution in [2.45, 2.75) is 23.9 Å². The van der Waals surface area contributed by atoms with E-state index in [1.165, 1.54) is 8.99 Å². The Kier molecular flexibility index (Phi) is 4.29. The lowest BCUT2D eigenvalue weighted by Crippen LogP contribution is -2.44. The molecule has 2 rings (SSSR count). The highest BCUT2D eigenvalue weighted by atomic mass is 79.9. The number of hydrogen-bond acceptors (Lipinski definition) is 5. The summed E-state index contributed by atoms with van der Waals surface area (Å²) in [5.41, 5.74) is 0. The molecule has 0 aliphatic carbocycles. The number of aromatic nitrogens is 3.